The summed E-state index contributed by atoms with van der Waals surface area (Å²) in [6.45, 7) is 8.93. The van der Waals surface area contributed by atoms with E-state index in [1.165, 1.54) is 11.8 Å². The van der Waals surface area contributed by atoms with Gasteiger partial charge >= 0.3 is 0 Å². The number of hydrogen-bond donors (Lipinski definition) is 1. The van der Waals surface area contributed by atoms with E-state index in [0.29, 0.717) is 24.1 Å². The lowest BCUT2D eigenvalue weighted by Gasteiger charge is -2.29. The van der Waals surface area contributed by atoms with Crippen LogP contribution in [-0.2, 0) is 20.9 Å². The molecule has 9 nitrogen and oxygen atoms in total. The summed E-state index contributed by atoms with van der Waals surface area (Å²) in [6, 6.07) is 16.4. The second kappa shape index (κ2) is 13.4. The van der Waals surface area contributed by atoms with Crippen LogP contribution in [0.3, 0.4) is 0 Å². The summed E-state index contributed by atoms with van der Waals surface area (Å²) < 4.78 is 10.7. The lowest BCUT2D eigenvalue weighted by Crippen LogP contribution is -2.46. The van der Waals surface area contributed by atoms with Gasteiger partial charge in [-0.15, -0.1) is 0 Å². The van der Waals surface area contributed by atoms with E-state index in [-0.39, 0.29) is 24.1 Å². The number of rotatable bonds is 10. The van der Waals surface area contributed by atoms with Crippen molar-refractivity contribution in [3.63, 3.8) is 0 Å². The smallest absolute Gasteiger partial charge is 0.246 e. The minimum Gasteiger partial charge on any atom is -0.497 e. The lowest BCUT2D eigenvalue weighted by molar-refractivity contribution is -0.136. The molecule has 0 aliphatic carbocycles. The Balaban J connectivity index is 1.46. The van der Waals surface area contributed by atoms with Gasteiger partial charge in [-0.3, -0.25) is 9.59 Å². The molecule has 1 aliphatic heterocycles. The molecule has 0 saturated carbocycles. The molecule has 2 amide bonds. The molecule has 206 valence electrons. The quantitative estimate of drug-likeness (QED) is 0.299. The highest BCUT2D eigenvalue weighted by atomic mass is 32.2. The van der Waals surface area contributed by atoms with E-state index in [2.05, 4.69) is 20.2 Å². The third-order valence-electron chi connectivity index (χ3n) is 6.48. The topological polar surface area (TPSA) is 96.9 Å². The Morgan fingerprint density at radius 1 is 1.05 bits per heavy atom. The molecule has 1 N–H and O–H groups in total. The molecule has 1 aromatic heterocycles. The average molecular weight is 550 g/mol. The van der Waals surface area contributed by atoms with E-state index >= 15 is 0 Å². The summed E-state index contributed by atoms with van der Waals surface area (Å²) in [5.41, 5.74) is 4.36. The van der Waals surface area contributed by atoms with Gasteiger partial charge in [-0.2, -0.15) is 0 Å². The number of aryl methyl sites for hydroxylation is 2. The normalized spacial score (nSPS) is 14.0. The number of nitrogens with one attached hydrogen (secondary N) is 1. The molecule has 0 radical (unpaired) electrons. The van der Waals surface area contributed by atoms with E-state index in [4.69, 9.17) is 9.47 Å². The summed E-state index contributed by atoms with van der Waals surface area (Å²) in [5, 5.41) is 3.52. The number of anilines is 2. The van der Waals surface area contributed by atoms with E-state index in [1.807, 2.05) is 68.4 Å². The number of carbonyl (C=O) groups excluding carboxylic acids is 2. The predicted molar refractivity (Wildman–Crippen MR) is 153 cm³/mol. The van der Waals surface area contributed by atoms with Gasteiger partial charge < -0.3 is 24.6 Å². The molecule has 1 saturated heterocycles. The Morgan fingerprint density at radius 2 is 1.69 bits per heavy atom. The van der Waals surface area contributed by atoms with Crippen molar-refractivity contribution < 1.29 is 19.1 Å². The molecule has 0 spiro atoms. The molecular weight excluding hydrogens is 514 g/mol. The van der Waals surface area contributed by atoms with Crippen LogP contribution in [0.15, 0.2) is 59.8 Å². The number of methoxy groups -OCH3 is 1. The third-order valence-corrected chi connectivity index (χ3v) is 7.31. The number of nitrogens with zero attached hydrogens (tertiary/aromatic N) is 4. The number of thioether (sulfide) groups is 1. The Hall–Kier alpha value is -3.63. The second-order valence-corrected chi connectivity index (χ2v) is 10.3. The van der Waals surface area contributed by atoms with Crippen molar-refractivity contribution >= 4 is 35.0 Å². The number of morpholine rings is 1. The highest BCUT2D eigenvalue weighted by Gasteiger charge is 2.27. The van der Waals surface area contributed by atoms with Crippen LogP contribution in [0.1, 0.15) is 23.9 Å². The number of hydrogen-bond acceptors (Lipinski definition) is 8. The zero-order chi connectivity index (χ0) is 27.8. The molecular formula is C29H35N5O4S. The zero-order valence-electron chi connectivity index (χ0n) is 22.8. The maximum Gasteiger partial charge on any atom is 0.246 e. The van der Waals surface area contributed by atoms with Crippen LogP contribution in [0.4, 0.5) is 11.4 Å². The van der Waals surface area contributed by atoms with Crippen LogP contribution in [0.2, 0.25) is 0 Å². The number of aromatic nitrogens is 2. The number of benzene rings is 2. The third kappa shape index (κ3) is 7.93. The fourth-order valence-electron chi connectivity index (χ4n) is 4.30. The lowest BCUT2D eigenvalue weighted by atomic mass is 10.1. The van der Waals surface area contributed by atoms with Crippen LogP contribution >= 0.6 is 11.8 Å². The monoisotopic (exact) mass is 549 g/mol. The molecule has 1 fully saturated rings. The highest BCUT2D eigenvalue weighted by Crippen LogP contribution is 2.22. The summed E-state index contributed by atoms with van der Waals surface area (Å²) in [4.78, 5) is 39.5. The van der Waals surface area contributed by atoms with Crippen molar-refractivity contribution in [3.05, 3.63) is 71.5 Å². The summed E-state index contributed by atoms with van der Waals surface area (Å²) in [5.74, 6) is 0.406. The van der Waals surface area contributed by atoms with Crippen LogP contribution in [0, 0.1) is 13.8 Å². The molecule has 10 heteroatoms. The van der Waals surface area contributed by atoms with Gasteiger partial charge in [0.25, 0.3) is 0 Å². The minimum absolute atomic E-state index is 0.116. The Bertz CT molecular complexity index is 1240. The van der Waals surface area contributed by atoms with E-state index in [0.717, 1.165) is 41.5 Å². The summed E-state index contributed by atoms with van der Waals surface area (Å²) in [6.07, 6.45) is 0. The van der Waals surface area contributed by atoms with Crippen LogP contribution in [-0.4, -0.2) is 71.9 Å². The zero-order valence-corrected chi connectivity index (χ0v) is 23.7. The molecule has 4 rings (SSSR count). The second-order valence-electron chi connectivity index (χ2n) is 9.40. The molecule has 1 aliphatic rings. The Kier molecular flexibility index (Phi) is 9.78. The van der Waals surface area contributed by atoms with Gasteiger partial charge in [0.05, 0.1) is 26.1 Å². The Morgan fingerprint density at radius 3 is 2.31 bits per heavy atom. The van der Waals surface area contributed by atoms with Crippen molar-refractivity contribution in [2.75, 3.05) is 49.4 Å². The van der Waals surface area contributed by atoms with Crippen molar-refractivity contribution in [1.82, 2.24) is 14.9 Å². The number of amides is 2. The molecule has 3 aromatic rings. The van der Waals surface area contributed by atoms with Crippen LogP contribution in [0.5, 0.6) is 5.75 Å². The standard InChI is InChI=1S/C29H35N5O4S/c1-20-17-21(2)31-29(30-20)39-19-27(35)34(18-23-5-11-26(37-4)12-6-23)22(3)28(36)32-24-7-9-25(10-8-24)33-13-15-38-16-14-33/h5-12,17,22H,13-16,18-19H2,1-4H3,(H,32,36). The first kappa shape index (κ1) is 28.4. The van der Waals surface area contributed by atoms with Crippen molar-refractivity contribution in [1.29, 1.82) is 0 Å². The first-order valence-electron chi connectivity index (χ1n) is 12.9. The van der Waals surface area contributed by atoms with Crippen LogP contribution < -0.4 is 15.0 Å². The van der Waals surface area contributed by atoms with Gasteiger partial charge in [0.1, 0.15) is 11.8 Å². The van der Waals surface area contributed by atoms with E-state index in [1.54, 1.807) is 18.9 Å². The molecule has 2 heterocycles. The van der Waals surface area contributed by atoms with Gasteiger partial charge in [0.2, 0.25) is 11.8 Å². The van der Waals surface area contributed by atoms with Crippen molar-refractivity contribution in [2.24, 2.45) is 0 Å². The molecule has 0 bridgehead atoms. The molecule has 1 unspecified atom stereocenters. The SMILES string of the molecule is COc1ccc(CN(C(=O)CSc2nc(C)cc(C)n2)C(C)C(=O)Nc2ccc(N3CCOCC3)cc2)cc1. The highest BCUT2D eigenvalue weighted by molar-refractivity contribution is 7.99. The fourth-order valence-corrected chi connectivity index (χ4v) is 5.14. The maximum absolute atomic E-state index is 13.5. The summed E-state index contributed by atoms with van der Waals surface area (Å²) in [7, 11) is 1.61. The maximum atomic E-state index is 13.5. The van der Waals surface area contributed by atoms with Gasteiger partial charge in [0.15, 0.2) is 5.16 Å². The molecule has 1 atom stereocenters. The van der Waals surface area contributed by atoms with Crippen molar-refractivity contribution in [3.8, 4) is 5.75 Å². The first-order valence-corrected chi connectivity index (χ1v) is 13.9. The molecule has 39 heavy (non-hydrogen) atoms. The minimum atomic E-state index is -0.709. The fraction of sp³-hybridized carbons (Fsp3) is 0.379. The average Bonchev–Trinajstić information content (AvgIpc) is 2.95. The van der Waals surface area contributed by atoms with Gasteiger partial charge in [0, 0.05) is 42.4 Å². The Labute approximate surface area is 233 Å². The predicted octanol–water partition coefficient (Wildman–Crippen LogP) is 4.09. The first-order chi connectivity index (χ1) is 18.8. The van der Waals surface area contributed by atoms with Crippen LogP contribution in [0.25, 0.3) is 0 Å². The van der Waals surface area contributed by atoms with Gasteiger partial charge in [-0.1, -0.05) is 23.9 Å². The number of ether oxygens (including phenoxy) is 2. The van der Waals surface area contributed by atoms with Crippen molar-refractivity contribution in [2.45, 2.75) is 38.5 Å². The summed E-state index contributed by atoms with van der Waals surface area (Å²) >= 11 is 1.27. The molecule has 2 aromatic carbocycles. The number of carbonyl (C=O) groups is 2. The van der Waals surface area contributed by atoms with Gasteiger partial charge in [-0.25, -0.2) is 9.97 Å². The van der Waals surface area contributed by atoms with Gasteiger partial charge in [-0.05, 0) is 68.8 Å². The largest absolute Gasteiger partial charge is 0.497 e. The van der Waals surface area contributed by atoms with E-state index in [9.17, 15) is 9.59 Å². The van der Waals surface area contributed by atoms with E-state index < -0.39 is 6.04 Å².